The molecule has 17 heavy (non-hydrogen) atoms. The molecule has 0 amide bonds. The first kappa shape index (κ1) is 10.8. The number of nitrogens with zero attached hydrogens (tertiary/aromatic N) is 1. The average molecular weight is 235 g/mol. The zero-order valence-corrected chi connectivity index (χ0v) is 9.43. The topological polar surface area (TPSA) is 39.2 Å². The van der Waals surface area contributed by atoms with Crippen LogP contribution >= 0.6 is 0 Å². The molecule has 3 nitrogen and oxygen atoms in total. The van der Waals surface area contributed by atoms with E-state index in [1.54, 1.807) is 6.07 Å². The maximum absolute atomic E-state index is 13.4. The highest BCUT2D eigenvalue weighted by Gasteiger charge is 2.38. The van der Waals surface area contributed by atoms with Crippen molar-refractivity contribution in [3.63, 3.8) is 0 Å². The summed E-state index contributed by atoms with van der Waals surface area (Å²) >= 11 is 0. The van der Waals surface area contributed by atoms with Gasteiger partial charge in [0.2, 0.25) is 5.95 Å². The Hall–Kier alpha value is -1.29. The molecule has 0 aliphatic carbocycles. The molecule has 0 N–H and O–H groups in total. The predicted molar refractivity (Wildman–Crippen MR) is 59.1 cm³/mol. The highest BCUT2D eigenvalue weighted by molar-refractivity contribution is 5.97. The first-order valence-electron chi connectivity index (χ1n) is 6.04. The first-order valence-corrected chi connectivity index (χ1v) is 6.04. The lowest BCUT2D eigenvalue weighted by Crippen LogP contribution is -2.30. The van der Waals surface area contributed by atoms with Crippen LogP contribution in [0.15, 0.2) is 18.3 Å². The Labute approximate surface area is 99.0 Å². The molecule has 2 aliphatic heterocycles. The summed E-state index contributed by atoms with van der Waals surface area (Å²) in [5.74, 6) is -0.868. The minimum atomic E-state index is -0.656. The summed E-state index contributed by atoms with van der Waals surface area (Å²) in [6, 6.07) is 3.12. The number of Topliss-reactive ketones (excluding diaryl/α,β-unsaturated/α-hetero) is 1. The number of halogens is 1. The number of ether oxygens (including phenoxy) is 1. The van der Waals surface area contributed by atoms with E-state index in [1.807, 2.05) is 0 Å². The quantitative estimate of drug-likeness (QED) is 0.583. The van der Waals surface area contributed by atoms with Crippen LogP contribution in [0.4, 0.5) is 4.39 Å². The maximum Gasteiger partial charge on any atom is 0.223 e. The molecule has 2 aliphatic rings. The number of hydrogen-bond donors (Lipinski definition) is 0. The van der Waals surface area contributed by atoms with Crippen molar-refractivity contribution in [2.24, 2.45) is 5.92 Å². The highest BCUT2D eigenvalue weighted by atomic mass is 19.1. The van der Waals surface area contributed by atoms with Gasteiger partial charge in [0, 0.05) is 12.1 Å². The van der Waals surface area contributed by atoms with Crippen molar-refractivity contribution < 1.29 is 13.9 Å². The molecule has 90 valence electrons. The van der Waals surface area contributed by atoms with Gasteiger partial charge >= 0.3 is 0 Å². The van der Waals surface area contributed by atoms with Crippen molar-refractivity contribution in [2.45, 2.75) is 37.9 Å². The standard InChI is InChI=1S/C13H14FNO2/c14-13-11(2-1-5-15-13)12(16)8-6-9-3-4-10(7-8)17-9/h1-2,5,8-10H,3-4,6-7H2. The Morgan fingerprint density at radius 1 is 1.35 bits per heavy atom. The van der Waals surface area contributed by atoms with Crippen LogP contribution in [-0.2, 0) is 4.74 Å². The van der Waals surface area contributed by atoms with Gasteiger partial charge in [-0.3, -0.25) is 4.79 Å². The summed E-state index contributed by atoms with van der Waals surface area (Å²) in [4.78, 5) is 15.7. The minimum absolute atomic E-state index is 0.0973. The molecule has 1 aromatic rings. The molecule has 0 saturated carbocycles. The third-order valence-electron chi connectivity index (χ3n) is 3.69. The molecule has 1 aromatic heterocycles. The van der Waals surface area contributed by atoms with Crippen molar-refractivity contribution in [3.8, 4) is 0 Å². The smallest absolute Gasteiger partial charge is 0.223 e. The average Bonchev–Trinajstić information content (AvgIpc) is 2.68. The summed E-state index contributed by atoms with van der Waals surface area (Å²) in [7, 11) is 0. The van der Waals surface area contributed by atoms with Crippen LogP contribution in [0, 0.1) is 11.9 Å². The Bertz CT molecular complexity index is 437. The van der Waals surface area contributed by atoms with E-state index >= 15 is 0 Å². The van der Waals surface area contributed by atoms with Crippen LogP contribution in [0.2, 0.25) is 0 Å². The minimum Gasteiger partial charge on any atom is -0.375 e. The van der Waals surface area contributed by atoms with E-state index in [9.17, 15) is 9.18 Å². The fourth-order valence-electron chi connectivity index (χ4n) is 2.86. The van der Waals surface area contributed by atoms with E-state index < -0.39 is 5.95 Å². The van der Waals surface area contributed by atoms with Crippen molar-refractivity contribution in [3.05, 3.63) is 29.8 Å². The number of carbonyl (C=O) groups is 1. The lowest BCUT2D eigenvalue weighted by molar-refractivity contribution is -0.0150. The number of ketones is 1. The molecule has 0 radical (unpaired) electrons. The highest BCUT2D eigenvalue weighted by Crippen LogP contribution is 2.37. The SMILES string of the molecule is O=C(c1cccnc1F)C1CC2CCC(C1)O2. The fourth-order valence-corrected chi connectivity index (χ4v) is 2.86. The summed E-state index contributed by atoms with van der Waals surface area (Å²) in [5.41, 5.74) is 0.124. The molecule has 0 spiro atoms. The molecule has 3 rings (SSSR count). The third kappa shape index (κ3) is 1.97. The van der Waals surface area contributed by atoms with Crippen molar-refractivity contribution in [2.75, 3.05) is 0 Å². The van der Waals surface area contributed by atoms with Crippen LogP contribution < -0.4 is 0 Å². The van der Waals surface area contributed by atoms with E-state index in [0.29, 0.717) is 0 Å². The van der Waals surface area contributed by atoms with Crippen LogP contribution in [0.25, 0.3) is 0 Å². The first-order chi connectivity index (χ1) is 8.24. The Morgan fingerprint density at radius 3 is 2.71 bits per heavy atom. The summed E-state index contributed by atoms with van der Waals surface area (Å²) in [6.07, 6.45) is 5.27. The number of pyridine rings is 1. The number of rotatable bonds is 2. The van der Waals surface area contributed by atoms with Gasteiger partial charge in [0.25, 0.3) is 0 Å². The molecule has 4 heteroatoms. The van der Waals surface area contributed by atoms with Gasteiger partial charge in [-0.1, -0.05) is 0 Å². The zero-order chi connectivity index (χ0) is 11.8. The van der Waals surface area contributed by atoms with Crippen LogP contribution in [-0.4, -0.2) is 23.0 Å². The molecular weight excluding hydrogens is 221 g/mol. The van der Waals surface area contributed by atoms with Gasteiger partial charge in [-0.2, -0.15) is 4.39 Å². The summed E-state index contributed by atoms with van der Waals surface area (Å²) in [5, 5.41) is 0. The molecular formula is C13H14FNO2. The van der Waals surface area contributed by atoms with Crippen LogP contribution in [0.1, 0.15) is 36.0 Å². The van der Waals surface area contributed by atoms with Crippen LogP contribution in [0.5, 0.6) is 0 Å². The predicted octanol–water partition coefficient (Wildman–Crippen LogP) is 2.36. The number of carbonyl (C=O) groups excluding carboxylic acids is 1. The largest absolute Gasteiger partial charge is 0.375 e. The zero-order valence-electron chi connectivity index (χ0n) is 9.43. The second-order valence-corrected chi connectivity index (χ2v) is 4.83. The van der Waals surface area contributed by atoms with Gasteiger partial charge in [-0.15, -0.1) is 0 Å². The number of fused-ring (bicyclic) bond motifs is 2. The van der Waals surface area contributed by atoms with E-state index in [4.69, 9.17) is 4.74 Å². The molecule has 2 atom stereocenters. The number of aromatic nitrogens is 1. The van der Waals surface area contributed by atoms with Crippen molar-refractivity contribution in [1.29, 1.82) is 0 Å². The van der Waals surface area contributed by atoms with Gasteiger partial charge < -0.3 is 4.74 Å². The van der Waals surface area contributed by atoms with E-state index in [1.165, 1.54) is 12.3 Å². The molecule has 2 saturated heterocycles. The second-order valence-electron chi connectivity index (χ2n) is 4.83. The Morgan fingerprint density at radius 2 is 2.06 bits per heavy atom. The van der Waals surface area contributed by atoms with Gasteiger partial charge in [0.05, 0.1) is 17.8 Å². The molecule has 2 unspecified atom stereocenters. The van der Waals surface area contributed by atoms with E-state index in [2.05, 4.69) is 4.98 Å². The Kier molecular flexibility index (Phi) is 2.67. The van der Waals surface area contributed by atoms with Gasteiger partial charge in [-0.25, -0.2) is 4.98 Å². The van der Waals surface area contributed by atoms with Crippen molar-refractivity contribution >= 4 is 5.78 Å². The molecule has 3 heterocycles. The summed E-state index contributed by atoms with van der Waals surface area (Å²) < 4.78 is 19.1. The van der Waals surface area contributed by atoms with Gasteiger partial charge in [-0.05, 0) is 37.8 Å². The third-order valence-corrected chi connectivity index (χ3v) is 3.69. The fraction of sp³-hybridized carbons (Fsp3) is 0.538. The summed E-state index contributed by atoms with van der Waals surface area (Å²) in [6.45, 7) is 0. The molecule has 2 fully saturated rings. The van der Waals surface area contributed by atoms with Crippen molar-refractivity contribution in [1.82, 2.24) is 4.98 Å². The maximum atomic E-state index is 13.4. The van der Waals surface area contributed by atoms with Gasteiger partial charge in [0.1, 0.15) is 0 Å². The Balaban J connectivity index is 1.81. The second kappa shape index (κ2) is 4.18. The van der Waals surface area contributed by atoms with E-state index in [0.717, 1.165) is 25.7 Å². The molecule has 0 aromatic carbocycles. The number of hydrogen-bond acceptors (Lipinski definition) is 3. The monoisotopic (exact) mass is 235 g/mol. The van der Waals surface area contributed by atoms with Gasteiger partial charge in [0.15, 0.2) is 5.78 Å². The van der Waals surface area contributed by atoms with Crippen LogP contribution in [0.3, 0.4) is 0 Å². The lowest BCUT2D eigenvalue weighted by atomic mass is 9.88. The molecule has 2 bridgehead atoms. The lowest BCUT2D eigenvalue weighted by Gasteiger charge is -2.27. The van der Waals surface area contributed by atoms with E-state index in [-0.39, 0.29) is 29.5 Å². The normalized spacial score (nSPS) is 31.5.